The third-order valence-corrected chi connectivity index (χ3v) is 3.32. The SMILES string of the molecule is CCOC(=O)Cn1nnnc1C(c1ccc([N+](=O)[O-])cc1)N(C)C. The minimum absolute atomic E-state index is 0.00220. The van der Waals surface area contributed by atoms with Crippen LogP contribution in [0.25, 0.3) is 0 Å². The summed E-state index contributed by atoms with van der Waals surface area (Å²) in [5.41, 5.74) is 0.771. The molecule has 1 atom stereocenters. The van der Waals surface area contributed by atoms with Crippen molar-refractivity contribution in [1.29, 1.82) is 0 Å². The van der Waals surface area contributed by atoms with E-state index in [2.05, 4.69) is 15.5 Å². The predicted molar refractivity (Wildman–Crippen MR) is 83.1 cm³/mol. The van der Waals surface area contributed by atoms with Crippen LogP contribution in [0.5, 0.6) is 0 Å². The number of non-ortho nitro benzene ring substituents is 1. The molecule has 1 aromatic carbocycles. The molecule has 0 aliphatic rings. The van der Waals surface area contributed by atoms with Gasteiger partial charge in [0.1, 0.15) is 6.54 Å². The maximum absolute atomic E-state index is 11.7. The Morgan fingerprint density at radius 3 is 2.58 bits per heavy atom. The van der Waals surface area contributed by atoms with Crippen LogP contribution in [0.3, 0.4) is 0 Å². The van der Waals surface area contributed by atoms with Crippen LogP contribution < -0.4 is 0 Å². The van der Waals surface area contributed by atoms with Gasteiger partial charge in [0.2, 0.25) is 0 Å². The number of ether oxygens (including phenoxy) is 1. The van der Waals surface area contributed by atoms with Crippen LogP contribution in [0.1, 0.15) is 24.4 Å². The van der Waals surface area contributed by atoms with E-state index in [0.717, 1.165) is 5.56 Å². The average Bonchev–Trinajstić information content (AvgIpc) is 2.95. The van der Waals surface area contributed by atoms with Crippen LogP contribution in [0.4, 0.5) is 5.69 Å². The van der Waals surface area contributed by atoms with Crippen molar-refractivity contribution in [1.82, 2.24) is 25.1 Å². The molecule has 10 nitrogen and oxygen atoms in total. The molecule has 1 heterocycles. The molecule has 0 radical (unpaired) electrons. The minimum atomic E-state index is -0.459. The molecule has 0 N–H and O–H groups in total. The number of aromatic nitrogens is 4. The first-order valence-corrected chi connectivity index (χ1v) is 7.26. The highest BCUT2D eigenvalue weighted by atomic mass is 16.6. The van der Waals surface area contributed by atoms with Crippen molar-refractivity contribution in [2.45, 2.75) is 19.5 Å². The number of carbonyl (C=O) groups excluding carboxylic acids is 1. The van der Waals surface area contributed by atoms with Crippen molar-refractivity contribution >= 4 is 11.7 Å². The molecular weight excluding hydrogens is 316 g/mol. The Morgan fingerprint density at radius 1 is 1.38 bits per heavy atom. The molecule has 0 aliphatic carbocycles. The van der Waals surface area contributed by atoms with Crippen LogP contribution in [0.15, 0.2) is 24.3 Å². The molecule has 0 spiro atoms. The molecular formula is C14H18N6O4. The molecule has 0 saturated heterocycles. The largest absolute Gasteiger partial charge is 0.465 e. The fourth-order valence-corrected chi connectivity index (χ4v) is 2.31. The normalized spacial score (nSPS) is 12.2. The smallest absolute Gasteiger partial charge is 0.327 e. The van der Waals surface area contributed by atoms with Gasteiger partial charge in [-0.3, -0.25) is 19.8 Å². The zero-order valence-corrected chi connectivity index (χ0v) is 13.6. The third-order valence-electron chi connectivity index (χ3n) is 3.32. The van der Waals surface area contributed by atoms with Crippen molar-refractivity contribution in [2.24, 2.45) is 0 Å². The fourth-order valence-electron chi connectivity index (χ4n) is 2.31. The molecule has 1 aromatic heterocycles. The van der Waals surface area contributed by atoms with Crippen molar-refractivity contribution in [3.8, 4) is 0 Å². The van der Waals surface area contributed by atoms with E-state index in [9.17, 15) is 14.9 Å². The van der Waals surface area contributed by atoms with E-state index in [1.54, 1.807) is 19.1 Å². The van der Waals surface area contributed by atoms with Gasteiger partial charge in [0.05, 0.1) is 17.6 Å². The van der Waals surface area contributed by atoms with Gasteiger partial charge in [-0.05, 0) is 37.0 Å². The lowest BCUT2D eigenvalue weighted by Crippen LogP contribution is -2.26. The van der Waals surface area contributed by atoms with Crippen LogP contribution in [0, 0.1) is 10.1 Å². The summed E-state index contributed by atoms with van der Waals surface area (Å²) < 4.78 is 6.28. The third kappa shape index (κ3) is 3.90. The van der Waals surface area contributed by atoms with Crippen LogP contribution in [-0.4, -0.2) is 56.7 Å². The minimum Gasteiger partial charge on any atom is -0.465 e. The Hall–Kier alpha value is -2.88. The summed E-state index contributed by atoms with van der Waals surface area (Å²) in [6.45, 7) is 1.89. The summed E-state index contributed by atoms with van der Waals surface area (Å²) in [4.78, 5) is 23.9. The highest BCUT2D eigenvalue weighted by molar-refractivity contribution is 5.69. The molecule has 0 bridgehead atoms. The van der Waals surface area contributed by atoms with E-state index >= 15 is 0 Å². The van der Waals surface area contributed by atoms with Gasteiger partial charge in [-0.15, -0.1) is 5.10 Å². The molecule has 0 amide bonds. The van der Waals surface area contributed by atoms with Crippen molar-refractivity contribution in [3.63, 3.8) is 0 Å². The summed E-state index contributed by atoms with van der Waals surface area (Å²) in [5.74, 6) is 0.00848. The fraction of sp³-hybridized carbons (Fsp3) is 0.429. The lowest BCUT2D eigenvalue weighted by Gasteiger charge is -2.23. The number of rotatable bonds is 7. The Morgan fingerprint density at radius 2 is 2.04 bits per heavy atom. The van der Waals surface area contributed by atoms with E-state index < -0.39 is 10.9 Å². The average molecular weight is 334 g/mol. The molecule has 1 unspecified atom stereocenters. The van der Waals surface area contributed by atoms with Crippen LogP contribution >= 0.6 is 0 Å². The second-order valence-electron chi connectivity index (χ2n) is 5.21. The molecule has 2 rings (SSSR count). The molecule has 0 fully saturated rings. The molecule has 24 heavy (non-hydrogen) atoms. The summed E-state index contributed by atoms with van der Waals surface area (Å²) in [7, 11) is 3.66. The van der Waals surface area contributed by atoms with E-state index in [0.29, 0.717) is 5.82 Å². The lowest BCUT2D eigenvalue weighted by molar-refractivity contribution is -0.384. The second-order valence-corrected chi connectivity index (χ2v) is 5.21. The first-order chi connectivity index (χ1) is 11.4. The van der Waals surface area contributed by atoms with Gasteiger partial charge < -0.3 is 4.74 Å². The topological polar surface area (TPSA) is 116 Å². The van der Waals surface area contributed by atoms with Crippen LogP contribution in [-0.2, 0) is 16.1 Å². The van der Waals surface area contributed by atoms with E-state index in [1.165, 1.54) is 16.8 Å². The molecule has 2 aromatic rings. The molecule has 0 saturated carbocycles. The highest BCUT2D eigenvalue weighted by Crippen LogP contribution is 2.26. The van der Waals surface area contributed by atoms with Gasteiger partial charge in [-0.2, -0.15) is 0 Å². The molecule has 128 valence electrons. The molecule has 10 heteroatoms. The van der Waals surface area contributed by atoms with Crippen molar-refractivity contribution in [2.75, 3.05) is 20.7 Å². The number of tetrazole rings is 1. The first-order valence-electron chi connectivity index (χ1n) is 7.26. The number of hydrogen-bond donors (Lipinski definition) is 0. The summed E-state index contributed by atoms with van der Waals surface area (Å²) in [6.07, 6.45) is 0. The van der Waals surface area contributed by atoms with Crippen molar-refractivity contribution in [3.05, 3.63) is 45.8 Å². The zero-order chi connectivity index (χ0) is 17.7. The number of nitro benzene ring substituents is 1. The monoisotopic (exact) mass is 334 g/mol. The second kappa shape index (κ2) is 7.59. The summed E-state index contributed by atoms with van der Waals surface area (Å²) >= 11 is 0. The number of esters is 1. The summed E-state index contributed by atoms with van der Waals surface area (Å²) in [6, 6.07) is 5.77. The van der Waals surface area contributed by atoms with E-state index in [-0.39, 0.29) is 24.9 Å². The van der Waals surface area contributed by atoms with Crippen LogP contribution in [0.2, 0.25) is 0 Å². The van der Waals surface area contributed by atoms with Gasteiger partial charge in [0.15, 0.2) is 5.82 Å². The van der Waals surface area contributed by atoms with Gasteiger partial charge >= 0.3 is 5.97 Å². The molecule has 0 aliphatic heterocycles. The van der Waals surface area contributed by atoms with E-state index in [4.69, 9.17) is 4.74 Å². The quantitative estimate of drug-likeness (QED) is 0.414. The Kier molecular flexibility index (Phi) is 5.53. The maximum atomic E-state index is 11.7. The van der Waals surface area contributed by atoms with Gasteiger partial charge in [0, 0.05) is 12.1 Å². The zero-order valence-electron chi connectivity index (χ0n) is 13.6. The maximum Gasteiger partial charge on any atom is 0.327 e. The van der Waals surface area contributed by atoms with Crippen molar-refractivity contribution < 1.29 is 14.5 Å². The lowest BCUT2D eigenvalue weighted by atomic mass is 10.0. The Bertz CT molecular complexity index is 712. The Labute approximate surface area is 138 Å². The van der Waals surface area contributed by atoms with Gasteiger partial charge in [-0.25, -0.2) is 4.68 Å². The van der Waals surface area contributed by atoms with E-state index in [1.807, 2.05) is 19.0 Å². The number of hydrogen-bond acceptors (Lipinski definition) is 8. The first kappa shape index (κ1) is 17.5. The standard InChI is InChI=1S/C14H18N6O4/c1-4-24-12(21)9-19-14(15-16-17-19)13(18(2)3)10-5-7-11(8-6-10)20(22)23/h5-8,13H,4,9H2,1-3H3. The number of nitro groups is 1. The predicted octanol–water partition coefficient (Wildman–Crippen LogP) is 0.795. The number of benzene rings is 1. The highest BCUT2D eigenvalue weighted by Gasteiger charge is 2.25. The number of carbonyl (C=O) groups is 1. The number of nitrogens with zero attached hydrogens (tertiary/aromatic N) is 6. The Balaban J connectivity index is 2.33. The summed E-state index contributed by atoms with van der Waals surface area (Å²) in [5, 5.41) is 22.3. The van der Waals surface area contributed by atoms with Gasteiger partial charge in [0.25, 0.3) is 5.69 Å². The van der Waals surface area contributed by atoms with Gasteiger partial charge in [-0.1, -0.05) is 12.1 Å².